The summed E-state index contributed by atoms with van der Waals surface area (Å²) in [6.45, 7) is 1.69. The van der Waals surface area contributed by atoms with Crippen LogP contribution in [0.25, 0.3) is 10.8 Å². The first-order chi connectivity index (χ1) is 10.0. The Kier molecular flexibility index (Phi) is 4.18. The zero-order valence-electron chi connectivity index (χ0n) is 11.8. The fourth-order valence-electron chi connectivity index (χ4n) is 2.26. The summed E-state index contributed by atoms with van der Waals surface area (Å²) < 4.78 is 68.6. The maximum absolute atomic E-state index is 11.6. The van der Waals surface area contributed by atoms with E-state index in [2.05, 4.69) is 0 Å². The molecule has 2 aromatic carbocycles. The van der Waals surface area contributed by atoms with E-state index in [1.165, 1.54) is 19.2 Å². The van der Waals surface area contributed by atoms with Crippen molar-refractivity contribution in [1.29, 1.82) is 0 Å². The molecule has 0 bridgehead atoms. The molecule has 0 atom stereocenters. The molecule has 0 aliphatic heterocycles. The van der Waals surface area contributed by atoms with Crippen molar-refractivity contribution in [3.8, 4) is 5.75 Å². The maximum Gasteiger partial charge on any atom is 0.295 e. The van der Waals surface area contributed by atoms with Gasteiger partial charge in [0.2, 0.25) is 0 Å². The molecular weight excluding hydrogens is 332 g/mol. The number of rotatable bonds is 4. The summed E-state index contributed by atoms with van der Waals surface area (Å²) in [6, 6.07) is 5.55. The molecule has 120 valence electrons. The van der Waals surface area contributed by atoms with Crippen LogP contribution < -0.4 is 4.74 Å². The van der Waals surface area contributed by atoms with Gasteiger partial charge >= 0.3 is 0 Å². The molecule has 2 N–H and O–H groups in total. The molecular formula is C13H14O7S2. The third-order valence-corrected chi connectivity index (χ3v) is 4.73. The van der Waals surface area contributed by atoms with Crippen molar-refractivity contribution in [2.45, 2.75) is 17.6 Å². The zero-order valence-corrected chi connectivity index (χ0v) is 13.4. The maximum atomic E-state index is 11.6. The summed E-state index contributed by atoms with van der Waals surface area (Å²) in [6.07, 6.45) is 0. The molecule has 0 unspecified atom stereocenters. The third kappa shape index (κ3) is 3.55. The number of hydrogen-bond donors (Lipinski definition) is 2. The van der Waals surface area contributed by atoms with Crippen LogP contribution >= 0.6 is 0 Å². The molecule has 0 spiro atoms. The summed E-state index contributed by atoms with van der Waals surface area (Å²) in [7, 11) is -7.50. The van der Waals surface area contributed by atoms with Crippen LogP contribution in [0, 0.1) is 6.92 Å². The molecule has 0 aromatic heterocycles. The largest absolute Gasteiger partial charge is 0.497 e. The molecule has 2 aromatic rings. The Morgan fingerprint density at radius 3 is 2.14 bits per heavy atom. The van der Waals surface area contributed by atoms with Crippen molar-refractivity contribution in [2.24, 2.45) is 0 Å². The molecule has 9 heteroatoms. The van der Waals surface area contributed by atoms with Crippen molar-refractivity contribution >= 4 is 31.0 Å². The fourth-order valence-corrected chi connectivity index (χ4v) is 3.59. The Morgan fingerprint density at radius 2 is 1.64 bits per heavy atom. The van der Waals surface area contributed by atoms with Crippen LogP contribution in [-0.4, -0.2) is 33.1 Å². The van der Waals surface area contributed by atoms with Gasteiger partial charge in [0.1, 0.15) is 16.4 Å². The van der Waals surface area contributed by atoms with Crippen LogP contribution in [0.5, 0.6) is 5.75 Å². The number of ether oxygens (including phenoxy) is 1. The summed E-state index contributed by atoms with van der Waals surface area (Å²) in [5, 5.41) is 0.646. The highest BCUT2D eigenvalue weighted by atomic mass is 32.2. The zero-order chi connectivity index (χ0) is 16.7. The predicted molar refractivity (Wildman–Crippen MR) is 80.3 cm³/mol. The third-order valence-electron chi connectivity index (χ3n) is 3.13. The fraction of sp³-hybridized carbons (Fsp3) is 0.231. The Labute approximate surface area is 128 Å². The second-order valence-electron chi connectivity index (χ2n) is 4.83. The molecule has 0 radical (unpaired) electrons. The van der Waals surface area contributed by atoms with E-state index in [4.69, 9.17) is 9.29 Å². The van der Waals surface area contributed by atoms with Gasteiger partial charge in [0, 0.05) is 5.39 Å². The molecule has 0 saturated carbocycles. The van der Waals surface area contributed by atoms with Crippen LogP contribution in [0.15, 0.2) is 29.2 Å². The number of fused-ring (bicyclic) bond motifs is 1. The quantitative estimate of drug-likeness (QED) is 0.810. The molecule has 2 rings (SSSR count). The first kappa shape index (κ1) is 16.7. The van der Waals surface area contributed by atoms with Gasteiger partial charge in [-0.2, -0.15) is 16.8 Å². The van der Waals surface area contributed by atoms with Gasteiger partial charge in [-0.3, -0.25) is 9.11 Å². The summed E-state index contributed by atoms with van der Waals surface area (Å²) in [5.74, 6) is -0.353. The van der Waals surface area contributed by atoms with Crippen molar-refractivity contribution in [1.82, 2.24) is 0 Å². The lowest BCUT2D eigenvalue weighted by Gasteiger charge is -2.12. The van der Waals surface area contributed by atoms with Crippen LogP contribution in [0.4, 0.5) is 0 Å². The second-order valence-corrected chi connectivity index (χ2v) is 7.68. The standard InChI is InChI=1S/C13H14O7S2/c1-8-3-10(20-2)6-12-11(8)4-9(7-21(14,15)16)5-13(12)22(17,18)19/h3-6H,7H2,1-2H3,(H,14,15,16)(H,17,18,19). The lowest BCUT2D eigenvalue weighted by molar-refractivity contribution is 0.415. The second kappa shape index (κ2) is 5.51. The normalized spacial score (nSPS) is 12.5. The van der Waals surface area contributed by atoms with E-state index < -0.39 is 30.9 Å². The van der Waals surface area contributed by atoms with Gasteiger partial charge < -0.3 is 4.74 Å². The van der Waals surface area contributed by atoms with E-state index in [-0.39, 0.29) is 10.9 Å². The lowest BCUT2D eigenvalue weighted by Crippen LogP contribution is -2.05. The topological polar surface area (TPSA) is 118 Å². The van der Waals surface area contributed by atoms with Crippen molar-refractivity contribution < 1.29 is 30.7 Å². The molecule has 7 nitrogen and oxygen atoms in total. The number of aryl methyl sites for hydroxylation is 1. The van der Waals surface area contributed by atoms with E-state index in [1.807, 2.05) is 0 Å². The minimum absolute atomic E-state index is 0.0518. The predicted octanol–water partition coefficient (Wildman–Crippen LogP) is 1.79. The molecule has 22 heavy (non-hydrogen) atoms. The van der Waals surface area contributed by atoms with Crippen LogP contribution in [0.1, 0.15) is 11.1 Å². The van der Waals surface area contributed by atoms with Gasteiger partial charge in [-0.1, -0.05) is 0 Å². The average molecular weight is 346 g/mol. The molecule has 0 saturated heterocycles. The molecule has 0 fully saturated rings. The number of benzene rings is 2. The first-order valence-corrected chi connectivity index (χ1v) is 9.10. The van der Waals surface area contributed by atoms with Gasteiger partial charge in [-0.25, -0.2) is 0 Å². The van der Waals surface area contributed by atoms with E-state index in [0.29, 0.717) is 16.7 Å². The Morgan fingerprint density at radius 1 is 1.00 bits per heavy atom. The van der Waals surface area contributed by atoms with Gasteiger partial charge in [-0.15, -0.1) is 0 Å². The Balaban J connectivity index is 2.89. The van der Waals surface area contributed by atoms with Crippen molar-refractivity contribution in [3.05, 3.63) is 35.4 Å². The average Bonchev–Trinajstić information content (AvgIpc) is 2.35. The van der Waals surface area contributed by atoms with Crippen LogP contribution in [-0.2, 0) is 26.0 Å². The molecule has 0 aliphatic rings. The van der Waals surface area contributed by atoms with Crippen molar-refractivity contribution in [3.63, 3.8) is 0 Å². The Bertz CT molecular complexity index is 944. The van der Waals surface area contributed by atoms with Gasteiger partial charge in [0.05, 0.1) is 7.11 Å². The number of hydrogen-bond acceptors (Lipinski definition) is 5. The summed E-state index contributed by atoms with van der Waals surface area (Å²) >= 11 is 0. The molecule has 0 heterocycles. The van der Waals surface area contributed by atoms with E-state index in [1.54, 1.807) is 13.0 Å². The highest BCUT2D eigenvalue weighted by Gasteiger charge is 2.19. The van der Waals surface area contributed by atoms with Crippen LogP contribution in [0.2, 0.25) is 0 Å². The highest BCUT2D eigenvalue weighted by molar-refractivity contribution is 7.86. The number of methoxy groups -OCH3 is 1. The molecule has 0 aliphatic carbocycles. The first-order valence-electron chi connectivity index (χ1n) is 6.05. The van der Waals surface area contributed by atoms with E-state index >= 15 is 0 Å². The molecule has 0 amide bonds. The van der Waals surface area contributed by atoms with Gasteiger partial charge in [0.15, 0.2) is 0 Å². The summed E-state index contributed by atoms with van der Waals surface area (Å²) in [5.41, 5.74) is 0.687. The highest BCUT2D eigenvalue weighted by Crippen LogP contribution is 2.31. The van der Waals surface area contributed by atoms with Crippen LogP contribution in [0.3, 0.4) is 0 Å². The smallest absolute Gasteiger partial charge is 0.295 e. The van der Waals surface area contributed by atoms with Gasteiger partial charge in [0.25, 0.3) is 20.2 Å². The minimum atomic E-state index is -4.58. The Hall–Kier alpha value is -1.68. The SMILES string of the molecule is COc1cc(C)c2cc(CS(=O)(=O)O)cc(S(=O)(=O)O)c2c1. The lowest BCUT2D eigenvalue weighted by atomic mass is 10.0. The van der Waals surface area contributed by atoms with Crippen molar-refractivity contribution in [2.75, 3.05) is 7.11 Å². The van der Waals surface area contributed by atoms with E-state index in [0.717, 1.165) is 6.07 Å². The monoisotopic (exact) mass is 346 g/mol. The summed E-state index contributed by atoms with van der Waals surface area (Å²) in [4.78, 5) is -0.439. The minimum Gasteiger partial charge on any atom is -0.497 e. The van der Waals surface area contributed by atoms with Gasteiger partial charge in [-0.05, 0) is 47.7 Å². The van der Waals surface area contributed by atoms with E-state index in [9.17, 15) is 21.4 Å².